The normalized spacial score (nSPS) is 18.4. The molecule has 1 fully saturated rings. The van der Waals surface area contributed by atoms with Crippen LogP contribution in [-0.4, -0.2) is 43.5 Å². The second-order valence-corrected chi connectivity index (χ2v) is 6.00. The zero-order valence-electron chi connectivity index (χ0n) is 13.1. The Labute approximate surface area is 127 Å². The molecule has 0 bridgehead atoms. The number of amides is 1. The van der Waals surface area contributed by atoms with Crippen molar-refractivity contribution < 1.29 is 4.79 Å². The van der Waals surface area contributed by atoms with Gasteiger partial charge in [-0.1, -0.05) is 37.3 Å². The monoisotopic (exact) mass is 289 g/mol. The van der Waals surface area contributed by atoms with E-state index in [1.54, 1.807) is 0 Å². The van der Waals surface area contributed by atoms with Gasteiger partial charge in [-0.05, 0) is 25.5 Å². The molecule has 4 nitrogen and oxygen atoms in total. The zero-order chi connectivity index (χ0) is 15.1. The van der Waals surface area contributed by atoms with Gasteiger partial charge in [0.2, 0.25) is 5.91 Å². The largest absolute Gasteiger partial charge is 0.353 e. The summed E-state index contributed by atoms with van der Waals surface area (Å²) >= 11 is 0. The summed E-state index contributed by atoms with van der Waals surface area (Å²) < 4.78 is 0. The minimum absolute atomic E-state index is 0.0392. The molecule has 1 aliphatic rings. The SMILES string of the molecule is CNCC(C)C(=O)NC1CCN(Cc2ccccc2)CC1. The molecule has 1 atom stereocenters. The number of piperidine rings is 1. The predicted molar refractivity (Wildman–Crippen MR) is 86.0 cm³/mol. The van der Waals surface area contributed by atoms with Gasteiger partial charge < -0.3 is 10.6 Å². The molecule has 1 aliphatic heterocycles. The number of rotatable bonds is 6. The van der Waals surface area contributed by atoms with E-state index in [2.05, 4.69) is 45.9 Å². The Morgan fingerprint density at radius 3 is 2.57 bits per heavy atom. The minimum Gasteiger partial charge on any atom is -0.353 e. The van der Waals surface area contributed by atoms with Crippen LogP contribution in [0.25, 0.3) is 0 Å². The molecular weight excluding hydrogens is 262 g/mol. The second kappa shape index (κ2) is 8.15. The van der Waals surface area contributed by atoms with Gasteiger partial charge in [-0.25, -0.2) is 0 Å². The summed E-state index contributed by atoms with van der Waals surface area (Å²) in [6.07, 6.45) is 2.09. The molecule has 1 amide bonds. The van der Waals surface area contributed by atoms with E-state index in [-0.39, 0.29) is 11.8 Å². The van der Waals surface area contributed by atoms with Crippen LogP contribution in [0, 0.1) is 5.92 Å². The van der Waals surface area contributed by atoms with Crippen LogP contribution in [0.5, 0.6) is 0 Å². The first kappa shape index (κ1) is 16.0. The average molecular weight is 289 g/mol. The van der Waals surface area contributed by atoms with Crippen molar-refractivity contribution in [1.29, 1.82) is 0 Å². The van der Waals surface area contributed by atoms with Gasteiger partial charge in [-0.15, -0.1) is 0 Å². The molecule has 21 heavy (non-hydrogen) atoms. The summed E-state index contributed by atoms with van der Waals surface area (Å²) in [6.45, 7) is 5.83. The standard InChI is InChI=1S/C17H27N3O/c1-14(12-18-2)17(21)19-16-8-10-20(11-9-16)13-15-6-4-3-5-7-15/h3-7,14,16,18H,8-13H2,1-2H3,(H,19,21). The molecule has 2 rings (SSSR count). The lowest BCUT2D eigenvalue weighted by molar-refractivity contribution is -0.125. The fourth-order valence-electron chi connectivity index (χ4n) is 2.82. The highest BCUT2D eigenvalue weighted by Crippen LogP contribution is 2.14. The number of benzene rings is 1. The molecular formula is C17H27N3O. The summed E-state index contributed by atoms with van der Waals surface area (Å²) in [5, 5.41) is 6.23. The topological polar surface area (TPSA) is 44.4 Å². The lowest BCUT2D eigenvalue weighted by atomic mass is 10.0. The highest BCUT2D eigenvalue weighted by atomic mass is 16.1. The average Bonchev–Trinajstić information content (AvgIpc) is 2.50. The van der Waals surface area contributed by atoms with Crippen molar-refractivity contribution in [1.82, 2.24) is 15.5 Å². The summed E-state index contributed by atoms with van der Waals surface area (Å²) in [4.78, 5) is 14.5. The molecule has 1 unspecified atom stereocenters. The van der Waals surface area contributed by atoms with E-state index >= 15 is 0 Å². The molecule has 1 aromatic carbocycles. The molecule has 0 spiro atoms. The molecule has 4 heteroatoms. The third kappa shape index (κ3) is 5.14. The summed E-state index contributed by atoms with van der Waals surface area (Å²) in [5.41, 5.74) is 1.36. The highest BCUT2D eigenvalue weighted by Gasteiger charge is 2.22. The maximum absolute atomic E-state index is 12.0. The number of likely N-dealkylation sites (tertiary alicyclic amines) is 1. The summed E-state index contributed by atoms with van der Waals surface area (Å²) in [7, 11) is 1.88. The van der Waals surface area contributed by atoms with E-state index < -0.39 is 0 Å². The van der Waals surface area contributed by atoms with E-state index in [0.717, 1.165) is 39.0 Å². The van der Waals surface area contributed by atoms with E-state index in [0.29, 0.717) is 6.04 Å². The van der Waals surface area contributed by atoms with E-state index in [1.165, 1.54) is 5.56 Å². The number of nitrogens with zero attached hydrogens (tertiary/aromatic N) is 1. The van der Waals surface area contributed by atoms with E-state index in [9.17, 15) is 4.79 Å². The van der Waals surface area contributed by atoms with Crippen LogP contribution in [0.2, 0.25) is 0 Å². The first-order valence-electron chi connectivity index (χ1n) is 7.90. The van der Waals surface area contributed by atoms with Gasteiger partial charge in [-0.2, -0.15) is 0 Å². The minimum atomic E-state index is 0.0392. The van der Waals surface area contributed by atoms with Gasteiger partial charge in [0.05, 0.1) is 0 Å². The van der Waals surface area contributed by atoms with Crippen LogP contribution in [0.1, 0.15) is 25.3 Å². The molecule has 1 aromatic rings. The van der Waals surface area contributed by atoms with Crippen LogP contribution < -0.4 is 10.6 Å². The quantitative estimate of drug-likeness (QED) is 0.836. The van der Waals surface area contributed by atoms with Crippen molar-refractivity contribution in [3.63, 3.8) is 0 Å². The molecule has 0 saturated carbocycles. The van der Waals surface area contributed by atoms with Crippen molar-refractivity contribution in [3.05, 3.63) is 35.9 Å². The molecule has 116 valence electrons. The fourth-order valence-corrected chi connectivity index (χ4v) is 2.82. The number of carbonyl (C=O) groups is 1. The van der Waals surface area contributed by atoms with Gasteiger partial charge in [0.25, 0.3) is 0 Å². The van der Waals surface area contributed by atoms with Gasteiger partial charge in [-0.3, -0.25) is 9.69 Å². The molecule has 0 radical (unpaired) electrons. The van der Waals surface area contributed by atoms with Crippen molar-refractivity contribution in [2.45, 2.75) is 32.4 Å². The number of hydrogen-bond donors (Lipinski definition) is 2. The van der Waals surface area contributed by atoms with Crippen LogP contribution in [-0.2, 0) is 11.3 Å². The molecule has 0 aromatic heterocycles. The van der Waals surface area contributed by atoms with E-state index in [1.807, 2.05) is 14.0 Å². The predicted octanol–water partition coefficient (Wildman–Crippen LogP) is 1.62. The summed E-state index contributed by atoms with van der Waals surface area (Å²) in [6, 6.07) is 10.9. The van der Waals surface area contributed by atoms with Crippen molar-refractivity contribution >= 4 is 5.91 Å². The Morgan fingerprint density at radius 1 is 1.29 bits per heavy atom. The van der Waals surface area contributed by atoms with Gasteiger partial charge in [0.1, 0.15) is 0 Å². The second-order valence-electron chi connectivity index (χ2n) is 6.00. The van der Waals surface area contributed by atoms with Crippen molar-refractivity contribution in [2.75, 3.05) is 26.7 Å². The van der Waals surface area contributed by atoms with Gasteiger partial charge in [0.15, 0.2) is 0 Å². The lowest BCUT2D eigenvalue weighted by Gasteiger charge is -2.32. The number of hydrogen-bond acceptors (Lipinski definition) is 3. The zero-order valence-corrected chi connectivity index (χ0v) is 13.1. The van der Waals surface area contributed by atoms with Gasteiger partial charge in [0, 0.05) is 38.1 Å². The van der Waals surface area contributed by atoms with Crippen LogP contribution in [0.4, 0.5) is 0 Å². The third-order valence-corrected chi connectivity index (χ3v) is 4.14. The van der Waals surface area contributed by atoms with Gasteiger partial charge >= 0.3 is 0 Å². The fraction of sp³-hybridized carbons (Fsp3) is 0.588. The maximum Gasteiger partial charge on any atom is 0.224 e. The van der Waals surface area contributed by atoms with Crippen molar-refractivity contribution in [2.24, 2.45) is 5.92 Å². The van der Waals surface area contributed by atoms with Crippen LogP contribution in [0.3, 0.4) is 0 Å². The smallest absolute Gasteiger partial charge is 0.224 e. The molecule has 1 saturated heterocycles. The Balaban J connectivity index is 1.72. The first-order valence-corrected chi connectivity index (χ1v) is 7.90. The molecule has 1 heterocycles. The Bertz CT molecular complexity index is 427. The maximum atomic E-state index is 12.0. The number of nitrogens with one attached hydrogen (secondary N) is 2. The molecule has 0 aliphatic carbocycles. The third-order valence-electron chi connectivity index (χ3n) is 4.14. The van der Waals surface area contributed by atoms with Crippen LogP contribution >= 0.6 is 0 Å². The first-order chi connectivity index (χ1) is 10.2. The highest BCUT2D eigenvalue weighted by molar-refractivity contribution is 5.78. The summed E-state index contributed by atoms with van der Waals surface area (Å²) in [5.74, 6) is 0.211. The number of carbonyl (C=O) groups excluding carboxylic acids is 1. The Kier molecular flexibility index (Phi) is 6.21. The Hall–Kier alpha value is -1.39. The lowest BCUT2D eigenvalue weighted by Crippen LogP contribution is -2.46. The molecule has 2 N–H and O–H groups in total. The van der Waals surface area contributed by atoms with Crippen molar-refractivity contribution in [3.8, 4) is 0 Å². The Morgan fingerprint density at radius 2 is 1.95 bits per heavy atom. The van der Waals surface area contributed by atoms with Crippen LogP contribution in [0.15, 0.2) is 30.3 Å². The van der Waals surface area contributed by atoms with E-state index in [4.69, 9.17) is 0 Å².